The second kappa shape index (κ2) is 13.8. The van der Waals surface area contributed by atoms with Crippen LogP contribution in [0.1, 0.15) is 31.4 Å². The van der Waals surface area contributed by atoms with Crippen molar-refractivity contribution in [2.75, 3.05) is 26.2 Å². The van der Waals surface area contributed by atoms with Crippen LogP contribution < -0.4 is 5.32 Å². The van der Waals surface area contributed by atoms with Gasteiger partial charge in [0, 0.05) is 13.1 Å². The first-order valence-electron chi connectivity index (χ1n) is 10.5. The number of hydrogen-bond donors (Lipinski definition) is 3. The average molecular weight is 441 g/mol. The summed E-state index contributed by atoms with van der Waals surface area (Å²) in [6.07, 6.45) is 2.39. The minimum absolute atomic E-state index is 0.0296. The number of carboxylic acids is 2. The van der Waals surface area contributed by atoms with E-state index in [4.69, 9.17) is 19.8 Å². The molecule has 0 atom stereocenters. The minimum atomic E-state index is -1.82. The first kappa shape index (κ1) is 26.6. The van der Waals surface area contributed by atoms with Crippen LogP contribution in [0.3, 0.4) is 0 Å². The van der Waals surface area contributed by atoms with Gasteiger partial charge >= 0.3 is 11.9 Å². The van der Waals surface area contributed by atoms with Crippen molar-refractivity contribution in [2.24, 2.45) is 0 Å². The van der Waals surface area contributed by atoms with Crippen molar-refractivity contribution < 1.29 is 24.6 Å². The number of nitrogens with one attached hydrogen (secondary N) is 1. The van der Waals surface area contributed by atoms with Crippen molar-refractivity contribution in [1.29, 1.82) is 0 Å². The van der Waals surface area contributed by atoms with Gasteiger partial charge in [-0.25, -0.2) is 9.59 Å². The number of benzene rings is 2. The number of nitrogens with zero attached hydrogens (tertiary/aromatic N) is 1. The Balaban J connectivity index is 0.000000751. The van der Waals surface area contributed by atoms with Crippen molar-refractivity contribution >= 4 is 17.8 Å². The van der Waals surface area contributed by atoms with Gasteiger partial charge < -0.3 is 20.4 Å². The standard InChI is InChI=1S/C23H30N2O.C2H2O4/c1-4-17-23(20-13-9-7-10-14-20,21-15-11-8-12-16-21)22(26)24-18-19-25(5-2)6-3;3-1(4)2(5)6/h4,7-16H,1,5-6,17-19H2,2-3H3,(H,24,26);(H,3,4)(H,5,6). The lowest BCUT2D eigenvalue weighted by Gasteiger charge is -2.33. The first-order valence-corrected chi connectivity index (χ1v) is 10.5. The Morgan fingerprint density at radius 2 is 1.34 bits per heavy atom. The van der Waals surface area contributed by atoms with E-state index >= 15 is 0 Å². The number of carbonyl (C=O) groups is 3. The van der Waals surface area contributed by atoms with E-state index in [0.29, 0.717) is 13.0 Å². The Labute approximate surface area is 189 Å². The van der Waals surface area contributed by atoms with Gasteiger partial charge in [0.15, 0.2) is 0 Å². The molecule has 0 fully saturated rings. The van der Waals surface area contributed by atoms with Crippen molar-refractivity contribution in [3.05, 3.63) is 84.4 Å². The number of aliphatic carboxylic acids is 2. The van der Waals surface area contributed by atoms with Crippen molar-refractivity contribution in [3.8, 4) is 0 Å². The molecule has 32 heavy (non-hydrogen) atoms. The van der Waals surface area contributed by atoms with E-state index in [0.717, 1.165) is 30.8 Å². The second-order valence-electron chi connectivity index (χ2n) is 7.02. The molecule has 7 heteroatoms. The van der Waals surface area contributed by atoms with Gasteiger partial charge in [-0.1, -0.05) is 80.6 Å². The minimum Gasteiger partial charge on any atom is -0.473 e. The lowest BCUT2D eigenvalue weighted by molar-refractivity contribution is -0.159. The van der Waals surface area contributed by atoms with Crippen molar-refractivity contribution in [1.82, 2.24) is 10.2 Å². The molecular weight excluding hydrogens is 408 g/mol. The molecule has 3 N–H and O–H groups in total. The quantitative estimate of drug-likeness (QED) is 0.387. The molecule has 0 radical (unpaired) electrons. The van der Waals surface area contributed by atoms with Crippen LogP contribution in [0.2, 0.25) is 0 Å². The molecule has 1 amide bonds. The SMILES string of the molecule is C=CCC(C(=O)NCCN(CC)CC)(c1ccccc1)c1ccccc1.O=C(O)C(=O)O. The molecule has 2 rings (SSSR count). The molecular formula is C25H32N2O5. The highest BCUT2D eigenvalue weighted by atomic mass is 16.4. The summed E-state index contributed by atoms with van der Waals surface area (Å²) in [5, 5.41) is 18.0. The summed E-state index contributed by atoms with van der Waals surface area (Å²) in [4.78, 5) is 33.9. The molecule has 0 aromatic heterocycles. The Kier molecular flexibility index (Phi) is 11.4. The van der Waals surface area contributed by atoms with Gasteiger partial charge in [0.1, 0.15) is 5.41 Å². The summed E-state index contributed by atoms with van der Waals surface area (Å²) in [6.45, 7) is 11.7. The van der Waals surface area contributed by atoms with Crippen LogP contribution >= 0.6 is 0 Å². The van der Waals surface area contributed by atoms with Gasteiger partial charge in [-0.15, -0.1) is 6.58 Å². The summed E-state index contributed by atoms with van der Waals surface area (Å²) < 4.78 is 0. The number of hydrogen-bond acceptors (Lipinski definition) is 4. The van der Waals surface area contributed by atoms with Gasteiger partial charge in [0.25, 0.3) is 0 Å². The molecule has 0 saturated carbocycles. The third-order valence-electron chi connectivity index (χ3n) is 5.16. The number of likely N-dealkylation sites (N-methyl/N-ethyl adjacent to an activating group) is 1. The van der Waals surface area contributed by atoms with E-state index in [-0.39, 0.29) is 5.91 Å². The number of carboxylic acid groups (broad SMARTS) is 2. The maximum Gasteiger partial charge on any atom is 0.414 e. The molecule has 0 unspecified atom stereocenters. The first-order chi connectivity index (χ1) is 15.3. The fourth-order valence-corrected chi connectivity index (χ4v) is 3.44. The van der Waals surface area contributed by atoms with E-state index in [9.17, 15) is 4.79 Å². The molecule has 0 aliphatic rings. The summed E-state index contributed by atoms with van der Waals surface area (Å²) in [5.41, 5.74) is 1.23. The third kappa shape index (κ3) is 7.35. The van der Waals surface area contributed by atoms with E-state index < -0.39 is 17.4 Å². The van der Waals surface area contributed by atoms with E-state index in [1.54, 1.807) is 0 Å². The van der Waals surface area contributed by atoms with Gasteiger partial charge in [-0.3, -0.25) is 4.79 Å². The molecule has 0 aliphatic heterocycles. The molecule has 0 spiro atoms. The van der Waals surface area contributed by atoms with Crippen molar-refractivity contribution in [3.63, 3.8) is 0 Å². The lowest BCUT2D eigenvalue weighted by atomic mass is 9.71. The Morgan fingerprint density at radius 3 is 1.69 bits per heavy atom. The molecule has 2 aromatic carbocycles. The number of allylic oxidation sites excluding steroid dienone is 1. The molecule has 0 heterocycles. The zero-order valence-electron chi connectivity index (χ0n) is 18.7. The fraction of sp³-hybridized carbons (Fsp3) is 0.320. The monoisotopic (exact) mass is 440 g/mol. The number of carbonyl (C=O) groups excluding carboxylic acids is 1. The van der Waals surface area contributed by atoms with E-state index in [2.05, 4.69) is 30.6 Å². The fourth-order valence-electron chi connectivity index (χ4n) is 3.44. The average Bonchev–Trinajstić information content (AvgIpc) is 2.81. The zero-order chi connectivity index (χ0) is 24.0. The third-order valence-corrected chi connectivity index (χ3v) is 5.16. The Morgan fingerprint density at radius 1 is 0.906 bits per heavy atom. The molecule has 172 valence electrons. The molecule has 0 aliphatic carbocycles. The topological polar surface area (TPSA) is 107 Å². The molecule has 7 nitrogen and oxygen atoms in total. The summed E-state index contributed by atoms with van der Waals surface area (Å²) in [7, 11) is 0. The van der Waals surface area contributed by atoms with Crippen LogP contribution in [0.15, 0.2) is 73.3 Å². The summed E-state index contributed by atoms with van der Waals surface area (Å²) in [5.74, 6) is -3.62. The highest BCUT2D eigenvalue weighted by Crippen LogP contribution is 2.36. The maximum atomic E-state index is 13.4. The van der Waals surface area contributed by atoms with Crippen LogP contribution in [-0.2, 0) is 19.8 Å². The largest absolute Gasteiger partial charge is 0.473 e. The summed E-state index contributed by atoms with van der Waals surface area (Å²) >= 11 is 0. The number of amides is 1. The predicted molar refractivity (Wildman–Crippen MR) is 125 cm³/mol. The van der Waals surface area contributed by atoms with Gasteiger partial charge in [-0.05, 0) is 30.6 Å². The van der Waals surface area contributed by atoms with Crippen LogP contribution in [-0.4, -0.2) is 59.1 Å². The van der Waals surface area contributed by atoms with Gasteiger partial charge in [-0.2, -0.15) is 0 Å². The normalized spacial score (nSPS) is 10.6. The van der Waals surface area contributed by atoms with Gasteiger partial charge in [0.2, 0.25) is 5.91 Å². The Bertz CT molecular complexity index is 813. The van der Waals surface area contributed by atoms with Crippen LogP contribution in [0.5, 0.6) is 0 Å². The van der Waals surface area contributed by atoms with Crippen LogP contribution in [0.25, 0.3) is 0 Å². The van der Waals surface area contributed by atoms with Crippen molar-refractivity contribution in [2.45, 2.75) is 25.7 Å². The lowest BCUT2D eigenvalue weighted by Crippen LogP contribution is -2.47. The van der Waals surface area contributed by atoms with Crippen LogP contribution in [0, 0.1) is 0 Å². The molecule has 0 saturated heterocycles. The Hall–Kier alpha value is -3.45. The smallest absolute Gasteiger partial charge is 0.414 e. The molecule has 2 aromatic rings. The summed E-state index contributed by atoms with van der Waals surface area (Å²) in [6, 6.07) is 20.0. The molecule has 0 bridgehead atoms. The second-order valence-corrected chi connectivity index (χ2v) is 7.02. The maximum absolute atomic E-state index is 13.4. The van der Waals surface area contributed by atoms with E-state index in [1.807, 2.05) is 66.7 Å². The van der Waals surface area contributed by atoms with Crippen LogP contribution in [0.4, 0.5) is 0 Å². The number of rotatable bonds is 10. The van der Waals surface area contributed by atoms with E-state index in [1.165, 1.54) is 0 Å². The highest BCUT2D eigenvalue weighted by Gasteiger charge is 2.40. The predicted octanol–water partition coefficient (Wildman–Crippen LogP) is 3.16. The highest BCUT2D eigenvalue weighted by molar-refractivity contribution is 6.27. The van der Waals surface area contributed by atoms with Gasteiger partial charge in [0.05, 0.1) is 0 Å². The zero-order valence-corrected chi connectivity index (χ0v) is 18.7.